The topological polar surface area (TPSA) is 0 Å². The zero-order chi connectivity index (χ0) is 10.8. The highest BCUT2D eigenvalue weighted by atomic mass is 14.4. The minimum absolute atomic E-state index is 0.394. The third kappa shape index (κ3) is 1.44. The van der Waals surface area contributed by atoms with Crippen LogP contribution in [0.3, 0.4) is 0 Å². The van der Waals surface area contributed by atoms with Crippen LogP contribution in [0, 0.1) is 5.92 Å². The van der Waals surface area contributed by atoms with Gasteiger partial charge in [0, 0.05) is 11.3 Å². The average Bonchev–Trinajstić information content (AvgIpc) is 3.02. The Morgan fingerprint density at radius 2 is 1.50 bits per heavy atom. The van der Waals surface area contributed by atoms with E-state index in [0.717, 1.165) is 0 Å². The first-order valence-corrected chi connectivity index (χ1v) is 6.32. The van der Waals surface area contributed by atoms with Gasteiger partial charge in [0.1, 0.15) is 0 Å². The van der Waals surface area contributed by atoms with Crippen LogP contribution in [-0.4, -0.2) is 0 Å². The highest BCUT2D eigenvalue weighted by Crippen LogP contribution is 2.48. The number of benzene rings is 1. The summed E-state index contributed by atoms with van der Waals surface area (Å²) in [5, 5.41) is 0. The van der Waals surface area contributed by atoms with Crippen molar-refractivity contribution in [3.05, 3.63) is 60.2 Å². The van der Waals surface area contributed by atoms with E-state index in [1.54, 1.807) is 0 Å². The highest BCUT2D eigenvalue weighted by Gasteiger charge is 2.40. The van der Waals surface area contributed by atoms with Crippen LogP contribution in [0.4, 0.5) is 0 Å². The molecule has 0 radical (unpaired) electrons. The summed E-state index contributed by atoms with van der Waals surface area (Å²) in [7, 11) is 0. The molecule has 0 unspecified atom stereocenters. The Morgan fingerprint density at radius 1 is 0.875 bits per heavy atom. The SMILES string of the molecule is C1=CC(C2(c3ccccc3)CCCC2)C=C1. The lowest BCUT2D eigenvalue weighted by molar-refractivity contribution is 0.376. The third-order valence-electron chi connectivity index (χ3n) is 4.23. The average molecular weight is 210 g/mol. The van der Waals surface area contributed by atoms with E-state index in [2.05, 4.69) is 54.6 Å². The van der Waals surface area contributed by atoms with Gasteiger partial charge in [0.05, 0.1) is 0 Å². The van der Waals surface area contributed by atoms with Gasteiger partial charge in [-0.2, -0.15) is 0 Å². The Morgan fingerprint density at radius 3 is 2.12 bits per heavy atom. The smallest absolute Gasteiger partial charge is 0.00506 e. The Labute approximate surface area is 97.7 Å². The number of allylic oxidation sites excluding steroid dienone is 4. The van der Waals surface area contributed by atoms with E-state index in [-0.39, 0.29) is 0 Å². The van der Waals surface area contributed by atoms with Crippen LogP contribution in [0.25, 0.3) is 0 Å². The van der Waals surface area contributed by atoms with Gasteiger partial charge < -0.3 is 0 Å². The van der Waals surface area contributed by atoms with E-state index in [9.17, 15) is 0 Å². The molecule has 1 aromatic carbocycles. The lowest BCUT2D eigenvalue weighted by atomic mass is 9.69. The van der Waals surface area contributed by atoms with Crippen molar-refractivity contribution in [2.24, 2.45) is 5.92 Å². The van der Waals surface area contributed by atoms with Crippen molar-refractivity contribution in [2.45, 2.75) is 31.1 Å². The highest BCUT2D eigenvalue weighted by molar-refractivity contribution is 5.34. The number of rotatable bonds is 2. The van der Waals surface area contributed by atoms with Crippen molar-refractivity contribution >= 4 is 0 Å². The van der Waals surface area contributed by atoms with Gasteiger partial charge in [-0.3, -0.25) is 0 Å². The van der Waals surface area contributed by atoms with Crippen LogP contribution in [0.5, 0.6) is 0 Å². The molecule has 0 heterocycles. The van der Waals surface area contributed by atoms with E-state index >= 15 is 0 Å². The maximum Gasteiger partial charge on any atom is 0.00506 e. The fraction of sp³-hybridized carbons (Fsp3) is 0.375. The lowest BCUT2D eigenvalue weighted by Gasteiger charge is -2.34. The van der Waals surface area contributed by atoms with Crippen LogP contribution in [0.1, 0.15) is 31.2 Å². The van der Waals surface area contributed by atoms with Crippen LogP contribution < -0.4 is 0 Å². The minimum Gasteiger partial charge on any atom is -0.0767 e. The van der Waals surface area contributed by atoms with Gasteiger partial charge in [-0.1, -0.05) is 67.5 Å². The fourth-order valence-corrected chi connectivity index (χ4v) is 3.39. The molecule has 3 rings (SSSR count). The normalized spacial score (nSPS) is 23.0. The second-order valence-electron chi connectivity index (χ2n) is 5.02. The molecule has 1 fully saturated rings. The summed E-state index contributed by atoms with van der Waals surface area (Å²) >= 11 is 0. The van der Waals surface area contributed by atoms with Crippen LogP contribution in [0.2, 0.25) is 0 Å². The van der Waals surface area contributed by atoms with Crippen LogP contribution >= 0.6 is 0 Å². The molecule has 2 aliphatic rings. The van der Waals surface area contributed by atoms with Gasteiger partial charge >= 0.3 is 0 Å². The fourth-order valence-electron chi connectivity index (χ4n) is 3.39. The maximum absolute atomic E-state index is 2.37. The summed E-state index contributed by atoms with van der Waals surface area (Å²) in [6.07, 6.45) is 14.6. The zero-order valence-electron chi connectivity index (χ0n) is 9.60. The third-order valence-corrected chi connectivity index (χ3v) is 4.23. The van der Waals surface area contributed by atoms with E-state index in [4.69, 9.17) is 0 Å². The molecule has 1 saturated carbocycles. The van der Waals surface area contributed by atoms with Crippen molar-refractivity contribution in [2.75, 3.05) is 0 Å². The van der Waals surface area contributed by atoms with Gasteiger partial charge in [-0.25, -0.2) is 0 Å². The summed E-state index contributed by atoms with van der Waals surface area (Å²) in [6, 6.07) is 11.1. The molecule has 2 aliphatic carbocycles. The first-order chi connectivity index (χ1) is 7.92. The molecule has 0 atom stereocenters. The molecule has 0 bridgehead atoms. The van der Waals surface area contributed by atoms with Gasteiger partial charge in [0.25, 0.3) is 0 Å². The van der Waals surface area contributed by atoms with Crippen molar-refractivity contribution < 1.29 is 0 Å². The predicted octanol–water partition coefficient (Wildman–Crippen LogP) is 4.24. The second-order valence-corrected chi connectivity index (χ2v) is 5.02. The summed E-state index contributed by atoms with van der Waals surface area (Å²) in [4.78, 5) is 0. The van der Waals surface area contributed by atoms with Gasteiger partial charge in [-0.05, 0) is 18.4 Å². The molecule has 0 saturated heterocycles. The first-order valence-electron chi connectivity index (χ1n) is 6.32. The molecule has 16 heavy (non-hydrogen) atoms. The molecule has 0 aliphatic heterocycles. The number of hydrogen-bond acceptors (Lipinski definition) is 0. The van der Waals surface area contributed by atoms with Crippen molar-refractivity contribution in [3.8, 4) is 0 Å². The Kier molecular flexibility index (Phi) is 2.43. The summed E-state index contributed by atoms with van der Waals surface area (Å²) in [5.41, 5.74) is 1.93. The lowest BCUT2D eigenvalue weighted by Crippen LogP contribution is -2.29. The molecule has 0 amide bonds. The van der Waals surface area contributed by atoms with E-state index in [1.807, 2.05) is 0 Å². The van der Waals surface area contributed by atoms with Crippen LogP contribution in [-0.2, 0) is 5.41 Å². The van der Waals surface area contributed by atoms with Crippen molar-refractivity contribution in [3.63, 3.8) is 0 Å². The number of hydrogen-bond donors (Lipinski definition) is 0. The Bertz CT molecular complexity index is 393. The van der Waals surface area contributed by atoms with Gasteiger partial charge in [0.2, 0.25) is 0 Å². The monoisotopic (exact) mass is 210 g/mol. The Hall–Kier alpha value is -1.30. The van der Waals surface area contributed by atoms with Crippen LogP contribution in [0.15, 0.2) is 54.6 Å². The molecular formula is C16H18. The predicted molar refractivity (Wildman–Crippen MR) is 68.4 cm³/mol. The molecule has 82 valence electrons. The minimum atomic E-state index is 0.394. The summed E-state index contributed by atoms with van der Waals surface area (Å²) in [5.74, 6) is 0.623. The van der Waals surface area contributed by atoms with Gasteiger partial charge in [0.15, 0.2) is 0 Å². The van der Waals surface area contributed by atoms with E-state index in [0.29, 0.717) is 11.3 Å². The molecule has 0 N–H and O–H groups in total. The van der Waals surface area contributed by atoms with E-state index < -0.39 is 0 Å². The molecule has 0 spiro atoms. The second kappa shape index (κ2) is 3.93. The zero-order valence-corrected chi connectivity index (χ0v) is 9.60. The van der Waals surface area contributed by atoms with Crippen molar-refractivity contribution in [1.29, 1.82) is 0 Å². The molecule has 0 nitrogen and oxygen atoms in total. The first kappa shape index (κ1) is 9.89. The molecule has 1 aromatic rings. The Balaban J connectivity index is 2.03. The summed E-state index contributed by atoms with van der Waals surface area (Å²) in [6.45, 7) is 0. The molecular weight excluding hydrogens is 192 g/mol. The van der Waals surface area contributed by atoms with Crippen molar-refractivity contribution in [1.82, 2.24) is 0 Å². The molecule has 0 aromatic heterocycles. The largest absolute Gasteiger partial charge is 0.0767 e. The molecule has 0 heteroatoms. The van der Waals surface area contributed by atoms with Gasteiger partial charge in [-0.15, -0.1) is 0 Å². The quantitative estimate of drug-likeness (QED) is 0.685. The standard InChI is InChI=1S/C16H18/c1-2-8-14(9-3-1)16(12-6-7-13-16)15-10-4-5-11-15/h1-5,8-11,15H,6-7,12-13H2. The van der Waals surface area contributed by atoms with E-state index in [1.165, 1.54) is 31.2 Å². The summed E-state index contributed by atoms with van der Waals surface area (Å²) < 4.78 is 0. The maximum atomic E-state index is 2.37.